The van der Waals surface area contributed by atoms with E-state index in [1.807, 2.05) is 36.3 Å². The van der Waals surface area contributed by atoms with Crippen molar-refractivity contribution in [1.29, 1.82) is 0 Å². The van der Waals surface area contributed by atoms with E-state index in [0.717, 1.165) is 22.6 Å². The molecular formula is C20H19FN5O+. The van der Waals surface area contributed by atoms with E-state index < -0.39 is 0 Å². The number of nitrogens with zero attached hydrogens (tertiary/aromatic N) is 2. The molecule has 4 rings (SSSR count). The number of H-pyrrole nitrogens is 1. The van der Waals surface area contributed by atoms with Gasteiger partial charge in [0.15, 0.2) is 6.20 Å². The quantitative estimate of drug-likeness (QED) is 0.869. The van der Waals surface area contributed by atoms with Gasteiger partial charge in [-0.3, -0.25) is 4.79 Å². The number of aryl methyl sites for hydroxylation is 1. The Morgan fingerprint density at radius 3 is 2.89 bits per heavy atom. The van der Waals surface area contributed by atoms with E-state index in [1.54, 1.807) is 24.5 Å². The maximum Gasteiger partial charge on any atom is 0.270 e. The average molecular weight is 364 g/mol. The van der Waals surface area contributed by atoms with Crippen molar-refractivity contribution >= 4 is 5.91 Å². The summed E-state index contributed by atoms with van der Waals surface area (Å²) in [5.74, 6) is -0.506. The summed E-state index contributed by atoms with van der Waals surface area (Å²) in [5.41, 5.74) is 3.81. The Hall–Kier alpha value is -3.48. The average Bonchev–Trinajstić information content (AvgIpc) is 3.08. The molecule has 6 nitrogen and oxygen atoms in total. The van der Waals surface area contributed by atoms with Crippen molar-refractivity contribution in [2.45, 2.75) is 19.6 Å². The Balaban J connectivity index is 1.53. The highest BCUT2D eigenvalue weighted by atomic mass is 19.1. The Morgan fingerprint density at radius 1 is 1.33 bits per heavy atom. The number of carbonyl (C=O) groups is 1. The fourth-order valence-electron chi connectivity index (χ4n) is 3.06. The van der Waals surface area contributed by atoms with Crippen molar-refractivity contribution in [1.82, 2.24) is 20.5 Å². The highest BCUT2D eigenvalue weighted by Crippen LogP contribution is 2.33. The van der Waals surface area contributed by atoms with E-state index in [0.29, 0.717) is 12.2 Å². The second kappa shape index (κ2) is 7.03. The third kappa shape index (κ3) is 3.44. The van der Waals surface area contributed by atoms with Crippen LogP contribution in [-0.4, -0.2) is 15.8 Å². The van der Waals surface area contributed by atoms with Gasteiger partial charge in [-0.15, -0.1) is 0 Å². The number of hydrogen-bond donors (Lipinski definition) is 2. The number of hydrogen-bond acceptors (Lipinski definition) is 4. The second-order valence-corrected chi connectivity index (χ2v) is 6.36. The lowest BCUT2D eigenvalue weighted by Crippen LogP contribution is -2.33. The summed E-state index contributed by atoms with van der Waals surface area (Å²) >= 11 is 0. The Labute approximate surface area is 156 Å². The SMILES string of the molecule is Cc1c[nH+]c(CNC(=O)C2=C3C=CC=CN3C(c3ccc(F)cc3)N2)cn1. The number of aromatic amines is 1. The topological polar surface area (TPSA) is 71.4 Å². The minimum atomic E-state index is -0.292. The zero-order chi connectivity index (χ0) is 18.8. The van der Waals surface area contributed by atoms with Crippen molar-refractivity contribution in [2.24, 2.45) is 0 Å². The molecule has 3 heterocycles. The first-order chi connectivity index (χ1) is 13.1. The number of benzene rings is 1. The predicted octanol–water partition coefficient (Wildman–Crippen LogP) is 1.86. The first kappa shape index (κ1) is 17.0. The lowest BCUT2D eigenvalue weighted by Gasteiger charge is -2.26. The third-order valence-corrected chi connectivity index (χ3v) is 4.45. The molecule has 0 radical (unpaired) electrons. The number of aromatic nitrogens is 2. The summed E-state index contributed by atoms with van der Waals surface area (Å²) in [4.78, 5) is 22.0. The van der Waals surface area contributed by atoms with Crippen molar-refractivity contribution in [3.05, 3.63) is 95.2 Å². The first-order valence-electron chi connectivity index (χ1n) is 8.63. The monoisotopic (exact) mass is 364 g/mol. The van der Waals surface area contributed by atoms with E-state index in [4.69, 9.17) is 0 Å². The van der Waals surface area contributed by atoms with Crippen LogP contribution in [-0.2, 0) is 11.3 Å². The van der Waals surface area contributed by atoms with Gasteiger partial charge >= 0.3 is 0 Å². The molecule has 2 aliphatic heterocycles. The molecule has 2 aromatic rings. The molecule has 0 spiro atoms. The molecule has 2 aliphatic rings. The molecule has 1 amide bonds. The van der Waals surface area contributed by atoms with E-state index in [-0.39, 0.29) is 17.9 Å². The van der Waals surface area contributed by atoms with Gasteiger partial charge in [0.25, 0.3) is 5.91 Å². The molecule has 0 aliphatic carbocycles. The number of allylic oxidation sites excluding steroid dienone is 3. The normalized spacial score (nSPS) is 17.7. The summed E-state index contributed by atoms with van der Waals surface area (Å²) in [7, 11) is 0. The van der Waals surface area contributed by atoms with Gasteiger partial charge < -0.3 is 15.5 Å². The maximum absolute atomic E-state index is 13.3. The van der Waals surface area contributed by atoms with Crippen molar-refractivity contribution in [3.63, 3.8) is 0 Å². The smallest absolute Gasteiger partial charge is 0.270 e. The molecule has 0 saturated heterocycles. The molecule has 3 N–H and O–H groups in total. The summed E-state index contributed by atoms with van der Waals surface area (Å²) < 4.78 is 13.3. The van der Waals surface area contributed by atoms with Crippen LogP contribution < -0.4 is 15.6 Å². The minimum Gasteiger partial charge on any atom is -0.355 e. The van der Waals surface area contributed by atoms with Crippen molar-refractivity contribution in [2.75, 3.05) is 0 Å². The van der Waals surface area contributed by atoms with Gasteiger partial charge in [-0.25, -0.2) is 14.4 Å². The van der Waals surface area contributed by atoms with Gasteiger partial charge in [-0.05, 0) is 36.8 Å². The van der Waals surface area contributed by atoms with Gasteiger partial charge in [0.2, 0.25) is 5.69 Å². The van der Waals surface area contributed by atoms with E-state index >= 15 is 0 Å². The summed E-state index contributed by atoms with van der Waals surface area (Å²) in [6.45, 7) is 2.23. The number of carbonyl (C=O) groups excluding carboxylic acids is 1. The summed E-state index contributed by atoms with van der Waals surface area (Å²) in [5, 5.41) is 6.16. The molecule has 0 bridgehead atoms. The predicted molar refractivity (Wildman–Crippen MR) is 96.8 cm³/mol. The minimum absolute atomic E-state index is 0.214. The zero-order valence-electron chi connectivity index (χ0n) is 14.7. The molecule has 136 valence electrons. The largest absolute Gasteiger partial charge is 0.355 e. The van der Waals surface area contributed by atoms with E-state index in [2.05, 4.69) is 20.6 Å². The Kier molecular flexibility index (Phi) is 4.42. The number of nitrogens with one attached hydrogen (secondary N) is 3. The molecule has 1 unspecified atom stereocenters. The highest BCUT2D eigenvalue weighted by molar-refractivity contribution is 5.94. The second-order valence-electron chi connectivity index (χ2n) is 6.36. The van der Waals surface area contributed by atoms with Crippen LogP contribution in [0.3, 0.4) is 0 Å². The van der Waals surface area contributed by atoms with Crippen LogP contribution in [0.1, 0.15) is 23.1 Å². The summed E-state index contributed by atoms with van der Waals surface area (Å²) in [6, 6.07) is 6.26. The first-order valence-corrected chi connectivity index (χ1v) is 8.63. The maximum atomic E-state index is 13.3. The van der Waals surface area contributed by atoms with Crippen LogP contribution in [0.2, 0.25) is 0 Å². The highest BCUT2D eigenvalue weighted by Gasteiger charge is 2.33. The summed E-state index contributed by atoms with van der Waals surface area (Å²) in [6.07, 6.45) is 10.8. The molecule has 7 heteroatoms. The molecule has 1 aromatic carbocycles. The lowest BCUT2D eigenvalue weighted by molar-refractivity contribution is -0.392. The van der Waals surface area contributed by atoms with Crippen LogP contribution in [0.5, 0.6) is 0 Å². The molecule has 27 heavy (non-hydrogen) atoms. The number of rotatable bonds is 4. The number of halogens is 1. The fourth-order valence-corrected chi connectivity index (χ4v) is 3.06. The molecular weight excluding hydrogens is 345 g/mol. The van der Waals surface area contributed by atoms with Crippen LogP contribution in [0.25, 0.3) is 0 Å². The lowest BCUT2D eigenvalue weighted by atomic mass is 10.1. The molecule has 1 aromatic heterocycles. The van der Waals surface area contributed by atoms with Gasteiger partial charge in [0, 0.05) is 6.20 Å². The van der Waals surface area contributed by atoms with Gasteiger partial charge in [-0.1, -0.05) is 18.2 Å². The Bertz CT molecular complexity index is 947. The van der Waals surface area contributed by atoms with E-state index in [9.17, 15) is 9.18 Å². The van der Waals surface area contributed by atoms with Crippen LogP contribution in [0, 0.1) is 12.7 Å². The van der Waals surface area contributed by atoms with Crippen molar-refractivity contribution in [3.8, 4) is 0 Å². The van der Waals surface area contributed by atoms with Crippen LogP contribution >= 0.6 is 0 Å². The number of amides is 1. The molecule has 0 fully saturated rings. The fraction of sp³-hybridized carbons (Fsp3) is 0.150. The van der Waals surface area contributed by atoms with Crippen LogP contribution in [0.4, 0.5) is 4.39 Å². The van der Waals surface area contributed by atoms with Gasteiger partial charge in [0.1, 0.15) is 29.9 Å². The molecule has 0 saturated carbocycles. The Morgan fingerprint density at radius 2 is 2.15 bits per heavy atom. The molecule has 1 atom stereocenters. The van der Waals surface area contributed by atoms with Crippen LogP contribution in [0.15, 0.2) is 72.5 Å². The third-order valence-electron chi connectivity index (χ3n) is 4.45. The van der Waals surface area contributed by atoms with Gasteiger partial charge in [-0.2, -0.15) is 0 Å². The van der Waals surface area contributed by atoms with Gasteiger partial charge in [0.05, 0.1) is 11.9 Å². The van der Waals surface area contributed by atoms with Crippen molar-refractivity contribution < 1.29 is 14.2 Å². The number of fused-ring (bicyclic) bond motifs is 1. The van der Waals surface area contributed by atoms with E-state index in [1.165, 1.54) is 12.1 Å². The standard InChI is InChI=1S/C20H18FN5O/c1-13-10-23-16(11-22-13)12-24-20(27)18-17-4-2-3-9-26(17)19(25-18)14-5-7-15(21)8-6-14/h2-11,19,25H,12H2,1H3,(H,24,27)/p+1. The zero-order valence-corrected chi connectivity index (χ0v) is 14.7.